The van der Waals surface area contributed by atoms with Gasteiger partial charge in [0.1, 0.15) is 13.2 Å². The SMILES string of the molecule is COC(OC)c1cc(=O)c(OCc2ccccc2)c(CO)o1. The topological polar surface area (TPSA) is 78.1 Å². The third-order valence-electron chi connectivity index (χ3n) is 3.02. The normalized spacial score (nSPS) is 10.9. The second-order valence-electron chi connectivity index (χ2n) is 4.50. The molecule has 0 aliphatic rings. The molecule has 0 bridgehead atoms. The summed E-state index contributed by atoms with van der Waals surface area (Å²) in [7, 11) is 2.85. The van der Waals surface area contributed by atoms with E-state index in [0.29, 0.717) is 0 Å². The van der Waals surface area contributed by atoms with Gasteiger partial charge in [0.15, 0.2) is 11.5 Å². The van der Waals surface area contributed by atoms with Crippen LogP contribution >= 0.6 is 0 Å². The fourth-order valence-electron chi connectivity index (χ4n) is 1.98. The molecule has 0 spiro atoms. The molecule has 2 aromatic rings. The molecule has 1 aromatic heterocycles. The zero-order chi connectivity index (χ0) is 15.9. The van der Waals surface area contributed by atoms with Gasteiger partial charge < -0.3 is 23.7 Å². The lowest BCUT2D eigenvalue weighted by Gasteiger charge is -2.15. The summed E-state index contributed by atoms with van der Waals surface area (Å²) in [5.41, 5.74) is 0.502. The highest BCUT2D eigenvalue weighted by atomic mass is 16.7. The van der Waals surface area contributed by atoms with E-state index in [1.165, 1.54) is 20.3 Å². The maximum atomic E-state index is 12.2. The molecule has 0 saturated heterocycles. The Balaban J connectivity index is 2.26. The Kier molecular flexibility index (Phi) is 5.71. The van der Waals surface area contributed by atoms with Crippen LogP contribution in [0.4, 0.5) is 0 Å². The van der Waals surface area contributed by atoms with Gasteiger partial charge in [-0.2, -0.15) is 0 Å². The van der Waals surface area contributed by atoms with Crippen molar-refractivity contribution in [2.75, 3.05) is 14.2 Å². The van der Waals surface area contributed by atoms with Gasteiger partial charge in [-0.1, -0.05) is 30.3 Å². The van der Waals surface area contributed by atoms with Crippen LogP contribution in [-0.4, -0.2) is 19.3 Å². The molecule has 0 aliphatic carbocycles. The lowest BCUT2D eigenvalue weighted by molar-refractivity contribution is -0.119. The van der Waals surface area contributed by atoms with Gasteiger partial charge in [-0.3, -0.25) is 4.79 Å². The summed E-state index contributed by atoms with van der Waals surface area (Å²) in [6.45, 7) is -0.261. The van der Waals surface area contributed by atoms with Crippen LogP contribution in [0.1, 0.15) is 23.4 Å². The van der Waals surface area contributed by atoms with Crippen molar-refractivity contribution < 1.29 is 23.7 Å². The van der Waals surface area contributed by atoms with E-state index >= 15 is 0 Å². The molecular formula is C16H18O6. The maximum absolute atomic E-state index is 12.2. The molecule has 6 heteroatoms. The van der Waals surface area contributed by atoms with E-state index in [4.69, 9.17) is 18.6 Å². The number of methoxy groups -OCH3 is 2. The number of hydrogen-bond donors (Lipinski definition) is 1. The molecule has 0 radical (unpaired) electrons. The molecule has 0 amide bonds. The van der Waals surface area contributed by atoms with Crippen molar-refractivity contribution in [1.82, 2.24) is 0 Å². The minimum absolute atomic E-state index is 0.0129. The summed E-state index contributed by atoms with van der Waals surface area (Å²) in [4.78, 5) is 12.2. The average molecular weight is 306 g/mol. The standard InChI is InChI=1S/C16H18O6/c1-19-16(20-2)13-8-12(18)15(14(9-17)22-13)21-10-11-6-4-3-5-7-11/h3-8,16-17H,9-10H2,1-2H3. The zero-order valence-electron chi connectivity index (χ0n) is 12.4. The van der Waals surface area contributed by atoms with E-state index in [2.05, 4.69) is 0 Å². The highest BCUT2D eigenvalue weighted by Gasteiger charge is 2.19. The predicted molar refractivity (Wildman–Crippen MR) is 78.4 cm³/mol. The highest BCUT2D eigenvalue weighted by molar-refractivity contribution is 5.27. The van der Waals surface area contributed by atoms with Gasteiger partial charge in [0.2, 0.25) is 17.5 Å². The largest absolute Gasteiger partial charge is 0.482 e. The Morgan fingerprint density at radius 2 is 1.86 bits per heavy atom. The first-order valence-electron chi connectivity index (χ1n) is 6.69. The van der Waals surface area contributed by atoms with Crippen LogP contribution in [0.25, 0.3) is 0 Å². The van der Waals surface area contributed by atoms with E-state index in [9.17, 15) is 9.90 Å². The number of aliphatic hydroxyl groups is 1. The molecule has 0 saturated carbocycles. The summed E-state index contributed by atoms with van der Waals surface area (Å²) in [6.07, 6.45) is -0.818. The quantitative estimate of drug-likeness (QED) is 0.788. The van der Waals surface area contributed by atoms with Gasteiger partial charge in [0.25, 0.3) is 0 Å². The van der Waals surface area contributed by atoms with Gasteiger partial charge in [-0.15, -0.1) is 0 Å². The molecular weight excluding hydrogens is 288 g/mol. The molecule has 0 atom stereocenters. The van der Waals surface area contributed by atoms with E-state index in [1.807, 2.05) is 30.3 Å². The van der Waals surface area contributed by atoms with Crippen molar-refractivity contribution >= 4 is 0 Å². The maximum Gasteiger partial charge on any atom is 0.227 e. The Morgan fingerprint density at radius 3 is 2.45 bits per heavy atom. The minimum atomic E-state index is -0.818. The molecule has 2 rings (SSSR count). The predicted octanol–water partition coefficient (Wildman–Crippen LogP) is 2.00. The van der Waals surface area contributed by atoms with Crippen LogP contribution in [0.5, 0.6) is 5.75 Å². The number of rotatable bonds is 7. The Labute approximate surface area is 127 Å². The van der Waals surface area contributed by atoms with Crippen LogP contribution in [-0.2, 0) is 22.7 Å². The molecule has 0 unspecified atom stereocenters. The van der Waals surface area contributed by atoms with Crippen molar-refractivity contribution in [2.24, 2.45) is 0 Å². The van der Waals surface area contributed by atoms with Crippen LogP contribution in [0.2, 0.25) is 0 Å². The van der Waals surface area contributed by atoms with E-state index in [1.54, 1.807) is 0 Å². The first-order chi connectivity index (χ1) is 10.7. The van der Waals surface area contributed by atoms with E-state index in [0.717, 1.165) is 5.56 Å². The van der Waals surface area contributed by atoms with Gasteiger partial charge in [-0.05, 0) is 5.56 Å². The third-order valence-corrected chi connectivity index (χ3v) is 3.02. The van der Waals surface area contributed by atoms with Crippen molar-refractivity contribution in [3.8, 4) is 5.75 Å². The highest BCUT2D eigenvalue weighted by Crippen LogP contribution is 2.22. The molecule has 1 heterocycles. The van der Waals surface area contributed by atoms with Crippen molar-refractivity contribution in [3.05, 3.63) is 63.7 Å². The Hall–Kier alpha value is -2.15. The number of ether oxygens (including phenoxy) is 3. The van der Waals surface area contributed by atoms with Gasteiger partial charge in [0, 0.05) is 20.3 Å². The van der Waals surface area contributed by atoms with Crippen molar-refractivity contribution in [1.29, 1.82) is 0 Å². The zero-order valence-corrected chi connectivity index (χ0v) is 12.4. The summed E-state index contributed by atoms with van der Waals surface area (Å²) in [6, 6.07) is 10.6. The molecule has 6 nitrogen and oxygen atoms in total. The Bertz CT molecular complexity index is 645. The smallest absolute Gasteiger partial charge is 0.227 e. The van der Waals surface area contributed by atoms with Gasteiger partial charge in [0.05, 0.1) is 0 Å². The van der Waals surface area contributed by atoms with E-state index in [-0.39, 0.29) is 23.9 Å². The third kappa shape index (κ3) is 3.73. The molecule has 0 fully saturated rings. The minimum Gasteiger partial charge on any atom is -0.482 e. The second kappa shape index (κ2) is 7.74. The van der Waals surface area contributed by atoms with Gasteiger partial charge in [-0.25, -0.2) is 0 Å². The number of hydrogen-bond acceptors (Lipinski definition) is 6. The number of benzene rings is 1. The average Bonchev–Trinajstić information content (AvgIpc) is 2.55. The summed E-state index contributed by atoms with van der Waals surface area (Å²) in [5, 5.41) is 9.40. The fourth-order valence-corrected chi connectivity index (χ4v) is 1.98. The van der Waals surface area contributed by atoms with Crippen LogP contribution < -0.4 is 10.2 Å². The molecule has 1 aromatic carbocycles. The summed E-state index contributed by atoms with van der Waals surface area (Å²) < 4.78 is 21.0. The lowest BCUT2D eigenvalue weighted by Crippen LogP contribution is -2.14. The van der Waals surface area contributed by atoms with Crippen LogP contribution in [0.3, 0.4) is 0 Å². The number of aliphatic hydroxyl groups excluding tert-OH is 1. The Morgan fingerprint density at radius 1 is 1.18 bits per heavy atom. The van der Waals surface area contributed by atoms with Crippen molar-refractivity contribution in [2.45, 2.75) is 19.5 Å². The fraction of sp³-hybridized carbons (Fsp3) is 0.312. The van der Waals surface area contributed by atoms with Crippen LogP contribution in [0, 0.1) is 0 Å². The molecule has 118 valence electrons. The van der Waals surface area contributed by atoms with Gasteiger partial charge >= 0.3 is 0 Å². The van der Waals surface area contributed by atoms with Crippen LogP contribution in [0.15, 0.2) is 45.6 Å². The summed E-state index contributed by atoms with van der Waals surface area (Å²) >= 11 is 0. The molecule has 22 heavy (non-hydrogen) atoms. The molecule has 1 N–H and O–H groups in total. The first kappa shape index (κ1) is 16.2. The van der Waals surface area contributed by atoms with E-state index < -0.39 is 18.3 Å². The second-order valence-corrected chi connectivity index (χ2v) is 4.50. The first-order valence-corrected chi connectivity index (χ1v) is 6.69. The molecule has 0 aliphatic heterocycles. The summed E-state index contributed by atoms with van der Waals surface area (Å²) in [5.74, 6) is 0.199. The van der Waals surface area contributed by atoms with Crippen molar-refractivity contribution in [3.63, 3.8) is 0 Å². The monoisotopic (exact) mass is 306 g/mol. The lowest BCUT2D eigenvalue weighted by atomic mass is 10.2.